The van der Waals surface area contributed by atoms with Crippen LogP contribution in [0.2, 0.25) is 15.1 Å². The van der Waals surface area contributed by atoms with Gasteiger partial charge in [-0.15, -0.1) is 0 Å². The summed E-state index contributed by atoms with van der Waals surface area (Å²) in [4.78, 5) is 27.4. The number of hydrogen-bond acceptors (Lipinski definition) is 4. The van der Waals surface area contributed by atoms with Gasteiger partial charge in [-0.3, -0.25) is 13.9 Å². The van der Waals surface area contributed by atoms with Gasteiger partial charge in [-0.05, 0) is 48.9 Å². The monoisotopic (exact) mass is 567 g/mol. The van der Waals surface area contributed by atoms with Gasteiger partial charge in [-0.2, -0.15) is 0 Å². The van der Waals surface area contributed by atoms with Crippen LogP contribution in [0.3, 0.4) is 0 Å². The minimum Gasteiger partial charge on any atom is -0.357 e. The molecule has 1 atom stereocenters. The lowest BCUT2D eigenvalue weighted by molar-refractivity contribution is -0.139. The van der Waals surface area contributed by atoms with E-state index in [2.05, 4.69) is 5.32 Å². The molecule has 1 N–H and O–H groups in total. The third-order valence-electron chi connectivity index (χ3n) is 5.50. The molecule has 0 spiro atoms. The van der Waals surface area contributed by atoms with E-state index in [4.69, 9.17) is 34.8 Å². The Morgan fingerprint density at radius 1 is 0.917 bits per heavy atom. The summed E-state index contributed by atoms with van der Waals surface area (Å²) in [5.41, 5.74) is 0.675. The number of benzene rings is 3. The van der Waals surface area contributed by atoms with Crippen molar-refractivity contribution < 1.29 is 18.0 Å². The van der Waals surface area contributed by atoms with Crippen molar-refractivity contribution in [3.8, 4) is 0 Å². The zero-order valence-electron chi connectivity index (χ0n) is 19.5. The number of amides is 2. The highest BCUT2D eigenvalue weighted by molar-refractivity contribution is 7.92. The molecule has 3 aromatic rings. The van der Waals surface area contributed by atoms with Crippen LogP contribution < -0.4 is 9.62 Å². The van der Waals surface area contributed by atoms with Crippen molar-refractivity contribution in [3.63, 3.8) is 0 Å². The topological polar surface area (TPSA) is 86.8 Å². The van der Waals surface area contributed by atoms with Gasteiger partial charge in [0.25, 0.3) is 10.0 Å². The van der Waals surface area contributed by atoms with Gasteiger partial charge in [0.2, 0.25) is 11.8 Å². The maximum atomic E-state index is 13.7. The van der Waals surface area contributed by atoms with E-state index in [-0.39, 0.29) is 22.2 Å². The molecule has 190 valence electrons. The Hall–Kier alpha value is -2.78. The lowest BCUT2D eigenvalue weighted by Gasteiger charge is -2.32. The van der Waals surface area contributed by atoms with Gasteiger partial charge < -0.3 is 10.2 Å². The van der Waals surface area contributed by atoms with Crippen LogP contribution in [0.1, 0.15) is 12.5 Å². The normalized spacial score (nSPS) is 12.0. The van der Waals surface area contributed by atoms with Crippen LogP contribution in [0.5, 0.6) is 0 Å². The van der Waals surface area contributed by atoms with Gasteiger partial charge in [-0.1, -0.05) is 71.2 Å². The molecule has 0 aliphatic rings. The van der Waals surface area contributed by atoms with E-state index in [1.165, 1.54) is 42.3 Å². The molecule has 3 aromatic carbocycles. The van der Waals surface area contributed by atoms with E-state index in [1.807, 2.05) is 0 Å². The Kier molecular flexibility index (Phi) is 9.24. The van der Waals surface area contributed by atoms with Crippen molar-refractivity contribution in [1.82, 2.24) is 10.2 Å². The maximum absolute atomic E-state index is 13.7. The zero-order chi connectivity index (χ0) is 26.5. The van der Waals surface area contributed by atoms with Crippen LogP contribution in [-0.2, 0) is 26.2 Å². The second-order valence-corrected chi connectivity index (χ2v) is 10.9. The summed E-state index contributed by atoms with van der Waals surface area (Å²) in [7, 11) is -2.73. The van der Waals surface area contributed by atoms with Crippen molar-refractivity contribution in [2.45, 2.75) is 24.4 Å². The molecular weight excluding hydrogens is 545 g/mol. The third-order valence-corrected chi connectivity index (χ3v) is 8.18. The molecule has 2 amide bonds. The van der Waals surface area contributed by atoms with E-state index in [0.717, 1.165) is 4.31 Å². The van der Waals surface area contributed by atoms with E-state index >= 15 is 0 Å². The average molecular weight is 569 g/mol. The highest BCUT2D eigenvalue weighted by Gasteiger charge is 2.33. The van der Waals surface area contributed by atoms with Gasteiger partial charge in [0.1, 0.15) is 12.6 Å². The Labute approximate surface area is 225 Å². The number of halogens is 3. The average Bonchev–Trinajstić information content (AvgIpc) is 2.86. The Balaban J connectivity index is 2.05. The fourth-order valence-corrected chi connectivity index (χ4v) is 5.72. The number of sulfonamides is 1. The van der Waals surface area contributed by atoms with Crippen LogP contribution in [0.15, 0.2) is 77.7 Å². The summed E-state index contributed by atoms with van der Waals surface area (Å²) in [6, 6.07) is 17.9. The lowest BCUT2D eigenvalue weighted by atomic mass is 10.1. The lowest BCUT2D eigenvalue weighted by Crippen LogP contribution is -2.50. The second kappa shape index (κ2) is 12.0. The second-order valence-electron chi connectivity index (χ2n) is 7.82. The van der Waals surface area contributed by atoms with Crippen molar-refractivity contribution in [1.29, 1.82) is 0 Å². The van der Waals surface area contributed by atoms with E-state index in [9.17, 15) is 18.0 Å². The van der Waals surface area contributed by atoms with Crippen LogP contribution >= 0.6 is 34.8 Å². The number of nitrogens with one attached hydrogen (secondary N) is 1. The molecule has 3 rings (SSSR count). The van der Waals surface area contributed by atoms with Crippen LogP contribution in [0, 0.1) is 0 Å². The molecule has 0 aliphatic carbocycles. The van der Waals surface area contributed by atoms with Crippen molar-refractivity contribution in [3.05, 3.63) is 93.4 Å². The van der Waals surface area contributed by atoms with Crippen molar-refractivity contribution >= 4 is 62.3 Å². The highest BCUT2D eigenvalue weighted by atomic mass is 35.5. The Morgan fingerprint density at radius 2 is 1.56 bits per heavy atom. The van der Waals surface area contributed by atoms with Crippen molar-refractivity contribution in [2.75, 3.05) is 17.9 Å². The number of para-hydroxylation sites is 1. The fraction of sp³-hybridized carbons (Fsp3) is 0.200. The van der Waals surface area contributed by atoms with E-state index in [0.29, 0.717) is 15.6 Å². The number of carbonyl (C=O) groups excluding carboxylic acids is 2. The number of hydrogen-bond donors (Lipinski definition) is 1. The van der Waals surface area contributed by atoms with Gasteiger partial charge in [-0.25, -0.2) is 8.42 Å². The molecule has 0 saturated heterocycles. The molecule has 7 nitrogen and oxygen atoms in total. The Morgan fingerprint density at radius 3 is 2.17 bits per heavy atom. The van der Waals surface area contributed by atoms with Crippen LogP contribution in [0.25, 0.3) is 0 Å². The summed E-state index contributed by atoms with van der Waals surface area (Å²) < 4.78 is 28.2. The van der Waals surface area contributed by atoms with Gasteiger partial charge in [0.15, 0.2) is 0 Å². The largest absolute Gasteiger partial charge is 0.357 e. The molecule has 11 heteroatoms. The van der Waals surface area contributed by atoms with Crippen LogP contribution in [-0.4, -0.2) is 44.8 Å². The predicted octanol–water partition coefficient (Wildman–Crippen LogP) is 5.01. The number of rotatable bonds is 9. The molecule has 0 unspecified atom stereocenters. The summed E-state index contributed by atoms with van der Waals surface area (Å²) >= 11 is 18.7. The fourth-order valence-electron chi connectivity index (χ4n) is 3.51. The van der Waals surface area contributed by atoms with Crippen molar-refractivity contribution in [2.24, 2.45) is 0 Å². The van der Waals surface area contributed by atoms with E-state index in [1.54, 1.807) is 49.4 Å². The first-order valence-corrected chi connectivity index (χ1v) is 13.4. The molecule has 0 saturated carbocycles. The highest BCUT2D eigenvalue weighted by Crippen LogP contribution is 2.31. The first-order valence-electron chi connectivity index (χ1n) is 10.8. The Bertz CT molecular complexity index is 1350. The molecule has 0 aromatic heterocycles. The minimum atomic E-state index is -4.19. The summed E-state index contributed by atoms with van der Waals surface area (Å²) in [6.07, 6.45) is 0. The number of nitrogens with zero attached hydrogens (tertiary/aromatic N) is 2. The summed E-state index contributed by atoms with van der Waals surface area (Å²) in [5.74, 6) is -1.06. The quantitative estimate of drug-likeness (QED) is 0.393. The van der Waals surface area contributed by atoms with Crippen LogP contribution in [0.4, 0.5) is 5.69 Å². The number of likely N-dealkylation sites (N-methyl/N-ethyl adjacent to an activating group) is 1. The van der Waals surface area contributed by atoms with Gasteiger partial charge in [0.05, 0.1) is 15.6 Å². The molecule has 0 bridgehead atoms. The summed E-state index contributed by atoms with van der Waals surface area (Å²) in [6.45, 7) is 0.894. The molecule has 0 radical (unpaired) electrons. The maximum Gasteiger partial charge on any atom is 0.264 e. The SMILES string of the molecule is CNC(=O)[C@@H](C)N(Cc1ccc(Cl)cc1Cl)C(=O)CN(c1ccccc1Cl)S(=O)(=O)c1ccccc1. The van der Waals surface area contributed by atoms with Gasteiger partial charge >= 0.3 is 0 Å². The molecule has 0 aliphatic heterocycles. The molecule has 36 heavy (non-hydrogen) atoms. The van der Waals surface area contributed by atoms with E-state index < -0.39 is 34.4 Å². The smallest absolute Gasteiger partial charge is 0.264 e. The first-order chi connectivity index (χ1) is 17.1. The summed E-state index contributed by atoms with van der Waals surface area (Å²) in [5, 5.41) is 3.40. The third kappa shape index (κ3) is 6.31. The predicted molar refractivity (Wildman–Crippen MR) is 143 cm³/mol. The first kappa shape index (κ1) is 27.8. The molecule has 0 fully saturated rings. The zero-order valence-corrected chi connectivity index (χ0v) is 22.6. The standard InChI is InChI=1S/C25H24Cl3N3O4S/c1-17(25(33)29-2)30(15-18-12-13-19(26)14-22(18)28)24(32)16-31(23-11-7-6-10-21(23)27)36(34,35)20-8-4-3-5-9-20/h3-14,17H,15-16H2,1-2H3,(H,29,33)/t17-/m1/s1. The van der Waals surface area contributed by atoms with Gasteiger partial charge in [0, 0.05) is 23.6 Å². The molecular formula is C25H24Cl3N3O4S. The minimum absolute atomic E-state index is 0.00985. The molecule has 0 heterocycles. The number of anilines is 1. The number of carbonyl (C=O) groups is 2.